The number of amides is 2. The number of nitrogens with zero attached hydrogens (tertiary/aromatic N) is 2. The van der Waals surface area contributed by atoms with E-state index in [9.17, 15) is 9.59 Å². The monoisotopic (exact) mass is 357 g/mol. The summed E-state index contributed by atoms with van der Waals surface area (Å²) in [5.41, 5.74) is 1.21. The highest BCUT2D eigenvalue weighted by molar-refractivity contribution is 5.97. The smallest absolute Gasteiger partial charge is 0.248 e. The van der Waals surface area contributed by atoms with Gasteiger partial charge in [0.25, 0.3) is 0 Å². The van der Waals surface area contributed by atoms with Gasteiger partial charge in [-0.05, 0) is 38.1 Å². The largest absolute Gasteiger partial charge is 0.375 e. The third kappa shape index (κ3) is 4.27. The molecule has 1 aromatic carbocycles. The molecule has 26 heavy (non-hydrogen) atoms. The number of nitrogens with one attached hydrogen (secondary N) is 3. The van der Waals surface area contributed by atoms with Crippen LogP contribution in [0.2, 0.25) is 0 Å². The highest BCUT2D eigenvalue weighted by Crippen LogP contribution is 2.18. The lowest BCUT2D eigenvalue weighted by Gasteiger charge is -2.29. The average molecular weight is 357 g/mol. The second kappa shape index (κ2) is 8.11. The summed E-state index contributed by atoms with van der Waals surface area (Å²) in [6, 6.07) is 7.98. The minimum absolute atomic E-state index is 0.161. The van der Waals surface area contributed by atoms with Gasteiger partial charge in [0.05, 0.1) is 12.7 Å². The Morgan fingerprint density at radius 2 is 2.08 bits per heavy atom. The number of rotatable bonds is 5. The molecule has 2 amide bonds. The van der Waals surface area contributed by atoms with Crippen LogP contribution in [0, 0.1) is 0 Å². The number of aromatic nitrogens is 2. The molecule has 3 N–H and O–H groups in total. The summed E-state index contributed by atoms with van der Waals surface area (Å²) in [7, 11) is 0. The van der Waals surface area contributed by atoms with Crippen LogP contribution in [0.3, 0.4) is 0 Å². The molecule has 8 nitrogen and oxygen atoms in total. The summed E-state index contributed by atoms with van der Waals surface area (Å²) in [5, 5.41) is 12.9. The molecule has 2 aromatic rings. The minimum Gasteiger partial charge on any atom is -0.375 e. The van der Waals surface area contributed by atoms with Gasteiger partial charge in [-0.1, -0.05) is 6.07 Å². The molecule has 0 spiro atoms. The number of hydrogen-bond acceptors (Lipinski definition) is 5. The molecule has 0 aliphatic carbocycles. The molecule has 138 valence electrons. The van der Waals surface area contributed by atoms with Crippen LogP contribution in [-0.2, 0) is 14.3 Å². The first-order chi connectivity index (χ1) is 12.5. The lowest BCUT2D eigenvalue weighted by atomic mass is 10.1. The van der Waals surface area contributed by atoms with E-state index in [0.717, 1.165) is 0 Å². The van der Waals surface area contributed by atoms with Gasteiger partial charge in [0, 0.05) is 30.3 Å². The Morgan fingerprint density at radius 1 is 1.31 bits per heavy atom. The Bertz CT molecular complexity index is 762. The maximum atomic E-state index is 12.4. The molecule has 0 radical (unpaired) electrons. The van der Waals surface area contributed by atoms with Gasteiger partial charge in [-0.15, -0.1) is 0 Å². The summed E-state index contributed by atoms with van der Waals surface area (Å²) in [4.78, 5) is 24.8. The van der Waals surface area contributed by atoms with Crippen molar-refractivity contribution in [3.8, 4) is 0 Å². The first-order valence-corrected chi connectivity index (χ1v) is 8.60. The van der Waals surface area contributed by atoms with Gasteiger partial charge < -0.3 is 20.7 Å². The van der Waals surface area contributed by atoms with Gasteiger partial charge >= 0.3 is 0 Å². The maximum absolute atomic E-state index is 12.4. The topological polar surface area (TPSA) is 97.3 Å². The third-order valence-corrected chi connectivity index (χ3v) is 4.30. The zero-order chi connectivity index (χ0) is 18.5. The Hall–Kier alpha value is -2.71. The molecule has 0 saturated carbocycles. The van der Waals surface area contributed by atoms with E-state index in [4.69, 9.17) is 4.74 Å². The van der Waals surface area contributed by atoms with Crippen LogP contribution in [0.1, 0.15) is 19.9 Å². The third-order valence-electron chi connectivity index (χ3n) is 4.30. The molecule has 1 aliphatic heterocycles. The zero-order valence-corrected chi connectivity index (χ0v) is 14.8. The predicted molar refractivity (Wildman–Crippen MR) is 97.8 cm³/mol. The quantitative estimate of drug-likeness (QED) is 0.751. The van der Waals surface area contributed by atoms with E-state index in [1.54, 1.807) is 54.3 Å². The summed E-state index contributed by atoms with van der Waals surface area (Å²) in [6.45, 7) is 4.87. The first kappa shape index (κ1) is 18.1. The zero-order valence-electron chi connectivity index (χ0n) is 14.8. The number of ether oxygens (including phenoxy) is 1. The second-order valence-electron chi connectivity index (χ2n) is 6.23. The van der Waals surface area contributed by atoms with Crippen LogP contribution in [-0.4, -0.2) is 46.9 Å². The number of anilines is 2. The summed E-state index contributed by atoms with van der Waals surface area (Å²) >= 11 is 0. The van der Waals surface area contributed by atoms with Crippen molar-refractivity contribution in [2.75, 3.05) is 23.8 Å². The molecule has 1 aromatic heterocycles. The van der Waals surface area contributed by atoms with Crippen LogP contribution in [0.5, 0.6) is 0 Å². The normalized spacial score (nSPS) is 21.0. The Morgan fingerprint density at radius 3 is 2.77 bits per heavy atom. The van der Waals surface area contributed by atoms with Crippen molar-refractivity contribution in [1.82, 2.24) is 15.1 Å². The van der Waals surface area contributed by atoms with Crippen molar-refractivity contribution in [3.05, 3.63) is 42.7 Å². The average Bonchev–Trinajstić information content (AvgIpc) is 3.16. The number of morpholine rings is 1. The lowest BCUT2D eigenvalue weighted by molar-refractivity contribution is -0.123. The second-order valence-corrected chi connectivity index (χ2v) is 6.23. The maximum Gasteiger partial charge on any atom is 0.248 e. The van der Waals surface area contributed by atoms with Crippen LogP contribution >= 0.6 is 0 Å². The Kier molecular flexibility index (Phi) is 5.65. The van der Waals surface area contributed by atoms with Crippen molar-refractivity contribution in [2.45, 2.75) is 32.0 Å². The van der Waals surface area contributed by atoms with Crippen LogP contribution < -0.4 is 16.0 Å². The van der Waals surface area contributed by atoms with Crippen molar-refractivity contribution >= 4 is 23.2 Å². The molecule has 8 heteroatoms. The number of carbonyl (C=O) groups excluding carboxylic acids is 2. The summed E-state index contributed by atoms with van der Waals surface area (Å²) in [6.07, 6.45) is 3.17. The first-order valence-electron chi connectivity index (χ1n) is 8.60. The molecule has 1 saturated heterocycles. The predicted octanol–water partition coefficient (Wildman–Crippen LogP) is 1.40. The lowest BCUT2D eigenvalue weighted by Crippen LogP contribution is -2.53. The van der Waals surface area contributed by atoms with Gasteiger partial charge in [0.1, 0.15) is 12.1 Å². The van der Waals surface area contributed by atoms with Gasteiger partial charge in [0.15, 0.2) is 0 Å². The fourth-order valence-corrected chi connectivity index (χ4v) is 2.80. The van der Waals surface area contributed by atoms with E-state index >= 15 is 0 Å². The molecule has 1 unspecified atom stereocenters. The van der Waals surface area contributed by atoms with Gasteiger partial charge in [-0.25, -0.2) is 0 Å². The number of carbonyl (C=O) groups is 2. The molecule has 1 aliphatic rings. The number of hydrogen-bond donors (Lipinski definition) is 3. The van der Waals surface area contributed by atoms with Crippen molar-refractivity contribution < 1.29 is 14.3 Å². The van der Waals surface area contributed by atoms with Crippen molar-refractivity contribution in [3.63, 3.8) is 0 Å². The Balaban J connectivity index is 1.62. The molecule has 1 fully saturated rings. The SMILES string of the molecule is CC(C(=O)Nc1cccc(NC(=O)[C@H]2NCCO[C@@H]2C)c1)n1cccn1. The highest BCUT2D eigenvalue weighted by atomic mass is 16.5. The van der Waals surface area contributed by atoms with Crippen LogP contribution in [0.4, 0.5) is 11.4 Å². The van der Waals surface area contributed by atoms with Crippen LogP contribution in [0.25, 0.3) is 0 Å². The van der Waals surface area contributed by atoms with E-state index in [2.05, 4.69) is 21.0 Å². The summed E-state index contributed by atoms with van der Waals surface area (Å²) < 4.78 is 7.08. The molecule has 2 heterocycles. The fourth-order valence-electron chi connectivity index (χ4n) is 2.80. The van der Waals surface area contributed by atoms with E-state index in [-0.39, 0.29) is 17.9 Å². The number of benzene rings is 1. The molecular formula is C18H23N5O3. The van der Waals surface area contributed by atoms with Crippen molar-refractivity contribution in [2.24, 2.45) is 0 Å². The molecule has 3 atom stereocenters. The van der Waals surface area contributed by atoms with E-state index < -0.39 is 12.1 Å². The van der Waals surface area contributed by atoms with Gasteiger partial charge in [0.2, 0.25) is 11.8 Å². The Labute approximate surface area is 151 Å². The van der Waals surface area contributed by atoms with Gasteiger partial charge in [-0.3, -0.25) is 14.3 Å². The fraction of sp³-hybridized carbons (Fsp3) is 0.389. The van der Waals surface area contributed by atoms with Gasteiger partial charge in [-0.2, -0.15) is 5.10 Å². The summed E-state index contributed by atoms with van der Waals surface area (Å²) in [5.74, 6) is -0.348. The highest BCUT2D eigenvalue weighted by Gasteiger charge is 2.28. The van der Waals surface area contributed by atoms with E-state index in [0.29, 0.717) is 24.5 Å². The minimum atomic E-state index is -0.437. The molecule has 0 bridgehead atoms. The standard InChI is InChI=1S/C18H23N5O3/c1-12(23-9-4-7-20-23)17(24)21-14-5-3-6-15(11-14)22-18(25)16-13(2)26-10-8-19-16/h3-7,9,11-13,16,19H,8,10H2,1-2H3,(H,21,24)(H,22,25)/t12?,13-,16+/m1/s1. The van der Waals surface area contributed by atoms with Crippen molar-refractivity contribution in [1.29, 1.82) is 0 Å². The van der Waals surface area contributed by atoms with E-state index in [1.165, 1.54) is 0 Å². The molecule has 3 rings (SSSR count). The van der Waals surface area contributed by atoms with E-state index in [1.807, 2.05) is 6.92 Å². The molecular weight excluding hydrogens is 334 g/mol. The van der Waals surface area contributed by atoms with Crippen LogP contribution in [0.15, 0.2) is 42.7 Å².